The van der Waals surface area contributed by atoms with E-state index in [4.69, 9.17) is 5.11 Å². The average Bonchev–Trinajstić information content (AvgIpc) is 2.82. The second-order valence-electron chi connectivity index (χ2n) is 6.52. The first-order valence-corrected chi connectivity index (χ1v) is 7.99. The van der Waals surface area contributed by atoms with Gasteiger partial charge >= 0.3 is 12.0 Å². The van der Waals surface area contributed by atoms with Crippen molar-refractivity contribution in [2.75, 3.05) is 20.1 Å². The minimum absolute atomic E-state index is 0.0176. The lowest BCUT2D eigenvalue weighted by Crippen LogP contribution is -2.55. The van der Waals surface area contributed by atoms with E-state index in [0.29, 0.717) is 12.6 Å². The van der Waals surface area contributed by atoms with Crippen molar-refractivity contribution < 1.29 is 14.7 Å². The molecule has 1 aliphatic carbocycles. The number of likely N-dealkylation sites (tertiary alicyclic amines) is 1. The van der Waals surface area contributed by atoms with Gasteiger partial charge in [-0.3, -0.25) is 4.79 Å². The molecule has 0 aromatic carbocycles. The van der Waals surface area contributed by atoms with E-state index in [-0.39, 0.29) is 12.5 Å². The van der Waals surface area contributed by atoms with Crippen LogP contribution in [0.1, 0.15) is 51.4 Å². The highest BCUT2D eigenvalue weighted by atomic mass is 16.4. The zero-order valence-corrected chi connectivity index (χ0v) is 12.9. The van der Waals surface area contributed by atoms with Gasteiger partial charge in [0, 0.05) is 12.6 Å². The van der Waals surface area contributed by atoms with Gasteiger partial charge in [-0.15, -0.1) is 0 Å². The van der Waals surface area contributed by atoms with Crippen LogP contribution in [0, 0.1) is 0 Å². The highest BCUT2D eigenvalue weighted by molar-refractivity contribution is 5.76. The van der Waals surface area contributed by atoms with Crippen molar-refractivity contribution in [1.82, 2.24) is 15.5 Å². The fraction of sp³-hybridized carbons (Fsp3) is 0.867. The van der Waals surface area contributed by atoms with Gasteiger partial charge in [-0.2, -0.15) is 0 Å². The minimum atomic E-state index is -0.840. The first-order chi connectivity index (χ1) is 10.0. The van der Waals surface area contributed by atoms with Crippen molar-refractivity contribution >= 4 is 12.0 Å². The van der Waals surface area contributed by atoms with E-state index in [2.05, 4.69) is 22.6 Å². The highest BCUT2D eigenvalue weighted by Crippen LogP contribution is 2.31. The lowest BCUT2D eigenvalue weighted by molar-refractivity contribution is -0.139. The van der Waals surface area contributed by atoms with Crippen LogP contribution < -0.4 is 10.6 Å². The van der Waals surface area contributed by atoms with Crippen LogP contribution in [0.2, 0.25) is 0 Å². The summed E-state index contributed by atoms with van der Waals surface area (Å²) in [6.07, 6.45) is 6.91. The van der Waals surface area contributed by atoms with Crippen molar-refractivity contribution in [2.45, 2.75) is 62.9 Å². The fourth-order valence-electron chi connectivity index (χ4n) is 3.60. The Balaban J connectivity index is 1.84. The number of likely N-dealkylation sites (N-methyl/N-ethyl adjacent to an activating group) is 1. The molecule has 0 bridgehead atoms. The molecule has 21 heavy (non-hydrogen) atoms. The third-order valence-corrected chi connectivity index (χ3v) is 4.85. The number of rotatable bonds is 5. The minimum Gasteiger partial charge on any atom is -0.481 e. The van der Waals surface area contributed by atoms with Gasteiger partial charge in [-0.05, 0) is 39.3 Å². The fourth-order valence-corrected chi connectivity index (χ4v) is 3.60. The second-order valence-corrected chi connectivity index (χ2v) is 6.52. The van der Waals surface area contributed by atoms with Gasteiger partial charge in [-0.25, -0.2) is 4.79 Å². The molecule has 1 unspecified atom stereocenters. The molecule has 6 nitrogen and oxygen atoms in total. The zero-order chi connectivity index (χ0) is 15.3. The van der Waals surface area contributed by atoms with Gasteiger partial charge in [0.15, 0.2) is 0 Å². The van der Waals surface area contributed by atoms with Crippen LogP contribution in [-0.2, 0) is 4.79 Å². The second kappa shape index (κ2) is 7.11. The van der Waals surface area contributed by atoms with Crippen LogP contribution in [0.4, 0.5) is 4.79 Å². The summed E-state index contributed by atoms with van der Waals surface area (Å²) in [5, 5.41) is 15.0. The topological polar surface area (TPSA) is 81.7 Å². The number of carbonyl (C=O) groups is 2. The third kappa shape index (κ3) is 4.59. The van der Waals surface area contributed by atoms with Crippen LogP contribution >= 0.6 is 0 Å². The van der Waals surface area contributed by atoms with Crippen molar-refractivity contribution in [2.24, 2.45) is 0 Å². The summed E-state index contributed by atoms with van der Waals surface area (Å²) in [6.45, 7) is 1.71. The molecule has 6 heteroatoms. The Bertz CT molecular complexity index is 380. The molecule has 0 radical (unpaired) electrons. The molecule has 2 fully saturated rings. The number of urea groups is 1. The quantitative estimate of drug-likeness (QED) is 0.719. The zero-order valence-electron chi connectivity index (χ0n) is 12.9. The van der Waals surface area contributed by atoms with Crippen molar-refractivity contribution in [1.29, 1.82) is 0 Å². The highest BCUT2D eigenvalue weighted by Gasteiger charge is 2.36. The SMILES string of the molecule is CN1CCCC1CNC(=O)NC1(CC(=O)O)CCCCC1. The average molecular weight is 297 g/mol. The Kier molecular flexibility index (Phi) is 5.45. The molecule has 3 N–H and O–H groups in total. The van der Waals surface area contributed by atoms with Gasteiger partial charge in [-0.1, -0.05) is 19.3 Å². The van der Waals surface area contributed by atoms with E-state index in [9.17, 15) is 9.59 Å². The number of nitrogens with zero attached hydrogens (tertiary/aromatic N) is 1. The molecule has 1 saturated carbocycles. The van der Waals surface area contributed by atoms with Crippen LogP contribution in [0.25, 0.3) is 0 Å². The summed E-state index contributed by atoms with van der Waals surface area (Å²) in [6, 6.07) is 0.177. The summed E-state index contributed by atoms with van der Waals surface area (Å²) < 4.78 is 0. The standard InChI is InChI=1S/C15H27N3O3/c1-18-9-5-6-12(18)11-16-14(21)17-15(10-13(19)20)7-3-2-4-8-15/h12H,2-11H2,1H3,(H,19,20)(H2,16,17,21). The van der Waals surface area contributed by atoms with Crippen molar-refractivity contribution in [3.05, 3.63) is 0 Å². The Morgan fingerprint density at radius 3 is 2.52 bits per heavy atom. The summed E-state index contributed by atoms with van der Waals surface area (Å²) in [4.78, 5) is 25.5. The molecule has 2 rings (SSSR count). The smallest absolute Gasteiger partial charge is 0.315 e. The molecule has 1 saturated heterocycles. The Hall–Kier alpha value is -1.30. The predicted octanol–water partition coefficient (Wildman–Crippen LogP) is 1.56. The molecule has 1 heterocycles. The van der Waals surface area contributed by atoms with E-state index in [0.717, 1.165) is 45.1 Å². The number of hydrogen-bond acceptors (Lipinski definition) is 3. The van der Waals surface area contributed by atoms with Gasteiger partial charge in [0.2, 0.25) is 0 Å². The number of carboxylic acid groups (broad SMARTS) is 1. The molecule has 1 aliphatic heterocycles. The number of hydrogen-bond donors (Lipinski definition) is 3. The van der Waals surface area contributed by atoms with E-state index in [1.165, 1.54) is 6.42 Å². The lowest BCUT2D eigenvalue weighted by atomic mass is 9.79. The van der Waals surface area contributed by atoms with E-state index in [1.54, 1.807) is 0 Å². The maximum absolute atomic E-state index is 12.1. The van der Waals surface area contributed by atoms with Crippen LogP contribution in [-0.4, -0.2) is 53.7 Å². The van der Waals surface area contributed by atoms with Crippen LogP contribution in [0.5, 0.6) is 0 Å². The van der Waals surface area contributed by atoms with Crippen LogP contribution in [0.15, 0.2) is 0 Å². The molecular formula is C15H27N3O3. The number of nitrogens with one attached hydrogen (secondary N) is 2. The molecular weight excluding hydrogens is 270 g/mol. The molecule has 0 spiro atoms. The van der Waals surface area contributed by atoms with Gasteiger partial charge in [0.1, 0.15) is 0 Å². The largest absolute Gasteiger partial charge is 0.481 e. The maximum Gasteiger partial charge on any atom is 0.315 e. The maximum atomic E-state index is 12.1. The van der Waals surface area contributed by atoms with E-state index < -0.39 is 11.5 Å². The van der Waals surface area contributed by atoms with Gasteiger partial charge < -0.3 is 20.6 Å². The summed E-state index contributed by atoms with van der Waals surface area (Å²) >= 11 is 0. The predicted molar refractivity (Wildman–Crippen MR) is 80.3 cm³/mol. The normalized spacial score (nSPS) is 25.5. The first kappa shape index (κ1) is 16.1. The summed E-state index contributed by atoms with van der Waals surface area (Å²) in [7, 11) is 2.07. The Labute approximate surface area is 126 Å². The molecule has 0 aromatic heterocycles. The monoisotopic (exact) mass is 297 g/mol. The number of aliphatic carboxylic acids is 1. The number of carbonyl (C=O) groups excluding carboxylic acids is 1. The molecule has 1 atom stereocenters. The van der Waals surface area contributed by atoms with E-state index in [1.807, 2.05) is 0 Å². The third-order valence-electron chi connectivity index (χ3n) is 4.85. The molecule has 0 aromatic rings. The van der Waals surface area contributed by atoms with Gasteiger partial charge in [0.25, 0.3) is 0 Å². The molecule has 2 aliphatic rings. The molecule has 120 valence electrons. The Morgan fingerprint density at radius 1 is 1.24 bits per heavy atom. The lowest BCUT2D eigenvalue weighted by Gasteiger charge is -2.37. The van der Waals surface area contributed by atoms with Crippen molar-refractivity contribution in [3.63, 3.8) is 0 Å². The summed E-state index contributed by atoms with van der Waals surface area (Å²) in [5.41, 5.74) is -0.560. The van der Waals surface area contributed by atoms with Gasteiger partial charge in [0.05, 0.1) is 12.0 Å². The van der Waals surface area contributed by atoms with Crippen molar-refractivity contribution in [3.8, 4) is 0 Å². The summed E-state index contributed by atoms with van der Waals surface area (Å²) in [5.74, 6) is -0.840. The Morgan fingerprint density at radius 2 is 1.95 bits per heavy atom. The number of carboxylic acids is 1. The van der Waals surface area contributed by atoms with Crippen LogP contribution in [0.3, 0.4) is 0 Å². The molecule has 2 amide bonds. The number of amides is 2. The van der Waals surface area contributed by atoms with E-state index >= 15 is 0 Å². The first-order valence-electron chi connectivity index (χ1n) is 7.99.